The summed E-state index contributed by atoms with van der Waals surface area (Å²) in [6, 6.07) is 10.7. The molecule has 41 heavy (non-hydrogen) atoms. The monoisotopic (exact) mass is 584 g/mol. The van der Waals surface area contributed by atoms with Crippen molar-refractivity contribution in [3.05, 3.63) is 90.9 Å². The van der Waals surface area contributed by atoms with Crippen molar-refractivity contribution in [3.63, 3.8) is 0 Å². The topological polar surface area (TPSA) is 126 Å². The van der Waals surface area contributed by atoms with Gasteiger partial charge in [0.25, 0.3) is 5.09 Å². The van der Waals surface area contributed by atoms with Crippen molar-refractivity contribution in [1.82, 2.24) is 5.32 Å². The molecular formula is C29H29FN2O8S. The molecule has 4 rings (SSSR count). The second-order valence-corrected chi connectivity index (χ2v) is 10.0. The molecule has 1 atom stereocenters. The number of rotatable bonds is 10. The van der Waals surface area contributed by atoms with Crippen LogP contribution in [-0.4, -0.2) is 38.6 Å². The zero-order valence-corrected chi connectivity index (χ0v) is 23.8. The number of nitrogens with zero attached hydrogens (tertiary/aromatic N) is 1. The first-order valence-electron chi connectivity index (χ1n) is 12.6. The third-order valence-electron chi connectivity index (χ3n) is 6.89. The summed E-state index contributed by atoms with van der Waals surface area (Å²) in [6.45, 7) is -0.572. The highest BCUT2D eigenvalue weighted by atomic mass is 32.2. The summed E-state index contributed by atoms with van der Waals surface area (Å²) >= 11 is 1.31. The quantitative estimate of drug-likeness (QED) is 0.206. The molecule has 0 bridgehead atoms. The Morgan fingerprint density at radius 3 is 2.49 bits per heavy atom. The van der Waals surface area contributed by atoms with Crippen molar-refractivity contribution in [1.29, 1.82) is 0 Å². The van der Waals surface area contributed by atoms with E-state index in [1.165, 1.54) is 57.4 Å². The minimum absolute atomic E-state index is 0.0372. The SMILES string of the molecule is COc1cc2c(c(OC)c1OC)-c1ccc(SC)c(=O)cc1[C@@H](NC(=O)Cc1cccc(CO[N+](=O)[O-])c1F)CC2. The van der Waals surface area contributed by atoms with Crippen LogP contribution in [0.25, 0.3) is 11.1 Å². The maximum atomic E-state index is 15.0. The number of thioether (sulfide) groups is 1. The van der Waals surface area contributed by atoms with Crippen LogP contribution in [0.15, 0.2) is 52.2 Å². The van der Waals surface area contributed by atoms with E-state index in [0.29, 0.717) is 46.1 Å². The molecule has 0 unspecified atom stereocenters. The molecule has 0 spiro atoms. The standard InChI is InChI=1S/C29H29FN2O8S/c1-37-23-12-16-8-10-21(31-25(34)13-17-6-5-7-18(27(17)30)15-40-32(35)36)20-14-22(33)24(41-4)11-9-19(20)26(16)29(39-3)28(23)38-2/h5-7,9,11-12,14,21H,8,10,13,15H2,1-4H3,(H,31,34)/t21-/m0/s1. The first-order valence-corrected chi connectivity index (χ1v) is 13.8. The lowest BCUT2D eigenvalue weighted by atomic mass is 9.95. The van der Waals surface area contributed by atoms with Gasteiger partial charge in [-0.3, -0.25) is 9.59 Å². The van der Waals surface area contributed by atoms with Gasteiger partial charge in [0.05, 0.1) is 38.7 Å². The lowest BCUT2D eigenvalue weighted by Gasteiger charge is -2.20. The number of carbonyl (C=O) groups excluding carboxylic acids is 1. The van der Waals surface area contributed by atoms with Gasteiger partial charge in [-0.1, -0.05) is 24.3 Å². The normalized spacial score (nSPS) is 13.7. The van der Waals surface area contributed by atoms with E-state index in [0.717, 1.165) is 11.1 Å². The summed E-state index contributed by atoms with van der Waals surface area (Å²) in [5.74, 6) is 0.0928. The predicted molar refractivity (Wildman–Crippen MR) is 151 cm³/mol. The molecule has 1 aliphatic rings. The molecule has 3 aromatic carbocycles. The fourth-order valence-corrected chi connectivity index (χ4v) is 5.50. The lowest BCUT2D eigenvalue weighted by molar-refractivity contribution is -0.763. The molecule has 3 aromatic rings. The van der Waals surface area contributed by atoms with E-state index in [9.17, 15) is 24.1 Å². The second kappa shape index (κ2) is 12.9. The molecule has 0 radical (unpaired) electrons. The number of hydrogen-bond donors (Lipinski definition) is 1. The maximum Gasteiger partial charge on any atom is 0.294 e. The molecule has 0 heterocycles. The fraction of sp³-hybridized carbons (Fsp3) is 0.310. The highest BCUT2D eigenvalue weighted by Gasteiger charge is 2.30. The van der Waals surface area contributed by atoms with Crippen molar-refractivity contribution in [2.75, 3.05) is 27.6 Å². The van der Waals surface area contributed by atoms with Crippen LogP contribution < -0.4 is 25.0 Å². The summed E-state index contributed by atoms with van der Waals surface area (Å²) in [6.07, 6.45) is 2.42. The Morgan fingerprint density at radius 1 is 1.10 bits per heavy atom. The van der Waals surface area contributed by atoms with Crippen molar-refractivity contribution < 1.29 is 33.3 Å². The van der Waals surface area contributed by atoms with E-state index in [1.807, 2.05) is 18.4 Å². The van der Waals surface area contributed by atoms with E-state index in [2.05, 4.69) is 10.2 Å². The number of benzene rings is 2. The van der Waals surface area contributed by atoms with Gasteiger partial charge in [-0.05, 0) is 59.6 Å². The Kier molecular flexibility index (Phi) is 9.33. The molecule has 0 aliphatic heterocycles. The number of ether oxygens (including phenoxy) is 3. The minimum Gasteiger partial charge on any atom is -0.493 e. The molecular weight excluding hydrogens is 555 g/mol. The lowest BCUT2D eigenvalue weighted by Crippen LogP contribution is -2.30. The average molecular weight is 585 g/mol. The van der Waals surface area contributed by atoms with E-state index in [1.54, 1.807) is 6.07 Å². The van der Waals surface area contributed by atoms with Crippen LogP contribution in [-0.2, 0) is 29.1 Å². The number of hydrogen-bond acceptors (Lipinski definition) is 9. The molecule has 1 amide bonds. The predicted octanol–water partition coefficient (Wildman–Crippen LogP) is 4.66. The maximum absolute atomic E-state index is 15.0. The summed E-state index contributed by atoms with van der Waals surface area (Å²) in [4.78, 5) is 41.7. The third-order valence-corrected chi connectivity index (χ3v) is 7.67. The fourth-order valence-electron chi connectivity index (χ4n) is 5.04. The average Bonchev–Trinajstić information content (AvgIpc) is 3.20. The Hall–Kier alpha value is -4.32. The van der Waals surface area contributed by atoms with Gasteiger partial charge < -0.3 is 24.4 Å². The van der Waals surface area contributed by atoms with Gasteiger partial charge in [0, 0.05) is 11.1 Å². The first kappa shape index (κ1) is 29.7. The van der Waals surface area contributed by atoms with Crippen molar-refractivity contribution in [2.24, 2.45) is 0 Å². The van der Waals surface area contributed by atoms with E-state index in [-0.39, 0.29) is 23.0 Å². The second-order valence-electron chi connectivity index (χ2n) is 9.18. The van der Waals surface area contributed by atoms with Crippen LogP contribution in [0.1, 0.15) is 34.7 Å². The van der Waals surface area contributed by atoms with Gasteiger partial charge in [-0.25, -0.2) is 4.39 Å². The molecule has 1 N–H and O–H groups in total. The van der Waals surface area contributed by atoms with Gasteiger partial charge in [0.1, 0.15) is 12.4 Å². The number of aryl methyl sites for hydroxylation is 1. The van der Waals surface area contributed by atoms with Gasteiger partial charge in [-0.2, -0.15) is 0 Å². The van der Waals surface area contributed by atoms with Crippen molar-refractivity contribution in [2.45, 2.75) is 36.8 Å². The number of halogens is 1. The Bertz CT molecular complexity index is 1550. The third kappa shape index (κ3) is 6.22. The largest absolute Gasteiger partial charge is 0.493 e. The van der Waals surface area contributed by atoms with Crippen LogP contribution in [0, 0.1) is 15.9 Å². The van der Waals surface area contributed by atoms with Crippen LogP contribution in [0.5, 0.6) is 17.2 Å². The van der Waals surface area contributed by atoms with Crippen molar-refractivity contribution in [3.8, 4) is 28.4 Å². The first-order chi connectivity index (χ1) is 19.7. The Morgan fingerprint density at radius 2 is 1.83 bits per heavy atom. The van der Waals surface area contributed by atoms with E-state index >= 15 is 0 Å². The van der Waals surface area contributed by atoms with Crippen molar-refractivity contribution >= 4 is 17.7 Å². The van der Waals surface area contributed by atoms with Crippen LogP contribution in [0.4, 0.5) is 4.39 Å². The Balaban J connectivity index is 1.76. The smallest absolute Gasteiger partial charge is 0.294 e. The minimum atomic E-state index is -1.01. The zero-order chi connectivity index (χ0) is 29.7. The molecule has 10 nitrogen and oxygen atoms in total. The number of methoxy groups -OCH3 is 3. The van der Waals surface area contributed by atoms with Crippen LogP contribution >= 0.6 is 11.8 Å². The highest BCUT2D eigenvalue weighted by molar-refractivity contribution is 7.98. The number of nitrogens with one attached hydrogen (secondary N) is 1. The molecule has 0 aromatic heterocycles. The molecule has 12 heteroatoms. The number of fused-ring (bicyclic) bond motifs is 3. The number of carbonyl (C=O) groups is 1. The van der Waals surface area contributed by atoms with E-state index in [4.69, 9.17) is 14.2 Å². The summed E-state index contributed by atoms with van der Waals surface area (Å²) in [5, 5.41) is 12.5. The molecule has 216 valence electrons. The molecule has 1 aliphatic carbocycles. The Labute approximate surface area is 239 Å². The molecule has 0 saturated carbocycles. The summed E-state index contributed by atoms with van der Waals surface area (Å²) in [7, 11) is 4.57. The van der Waals surface area contributed by atoms with Gasteiger partial charge in [-0.15, -0.1) is 21.9 Å². The van der Waals surface area contributed by atoms with Gasteiger partial charge in [0.2, 0.25) is 11.7 Å². The van der Waals surface area contributed by atoms with Crippen LogP contribution in [0.2, 0.25) is 0 Å². The zero-order valence-electron chi connectivity index (χ0n) is 22.9. The van der Waals surface area contributed by atoms with Gasteiger partial charge >= 0.3 is 0 Å². The van der Waals surface area contributed by atoms with Crippen LogP contribution in [0.3, 0.4) is 0 Å². The highest BCUT2D eigenvalue weighted by Crippen LogP contribution is 2.50. The molecule has 0 saturated heterocycles. The van der Waals surface area contributed by atoms with Gasteiger partial charge in [0.15, 0.2) is 16.9 Å². The summed E-state index contributed by atoms with van der Waals surface area (Å²) in [5.41, 5.74) is 2.70. The number of amides is 1. The van der Waals surface area contributed by atoms with E-state index < -0.39 is 29.5 Å². The molecule has 0 fully saturated rings. The summed E-state index contributed by atoms with van der Waals surface area (Å²) < 4.78 is 31.9.